The van der Waals surface area contributed by atoms with Gasteiger partial charge in [-0.25, -0.2) is 4.98 Å². The van der Waals surface area contributed by atoms with E-state index < -0.39 is 6.04 Å². The van der Waals surface area contributed by atoms with Gasteiger partial charge in [-0.2, -0.15) is 0 Å². The molecule has 8 heteroatoms. The van der Waals surface area contributed by atoms with E-state index >= 15 is 0 Å². The van der Waals surface area contributed by atoms with Crippen LogP contribution in [0.1, 0.15) is 34.6 Å². The lowest BCUT2D eigenvalue weighted by atomic mass is 10.2. The van der Waals surface area contributed by atoms with Crippen molar-refractivity contribution in [2.45, 2.75) is 31.7 Å². The van der Waals surface area contributed by atoms with Gasteiger partial charge in [-0.15, -0.1) is 0 Å². The van der Waals surface area contributed by atoms with E-state index in [1.54, 1.807) is 0 Å². The highest BCUT2D eigenvalue weighted by atomic mass is 32.1. The maximum Gasteiger partial charge on any atom is 0.263 e. The summed E-state index contributed by atoms with van der Waals surface area (Å²) in [5, 5.41) is 8.48. The lowest BCUT2D eigenvalue weighted by Gasteiger charge is -2.08. The third-order valence-corrected chi connectivity index (χ3v) is 4.33. The average molecular weight is 294 g/mol. The SMILES string of the molecule is O=C1CC[C@H](C(=O)Nc2nc3c(s2)C(=O)NCCC3)N1. The number of thiazole rings is 1. The van der Waals surface area contributed by atoms with Gasteiger partial charge in [0.25, 0.3) is 5.91 Å². The van der Waals surface area contributed by atoms with E-state index in [0.717, 1.165) is 18.5 Å². The van der Waals surface area contributed by atoms with Gasteiger partial charge in [0.05, 0.1) is 5.69 Å². The third kappa shape index (κ3) is 2.51. The van der Waals surface area contributed by atoms with Crippen molar-refractivity contribution >= 4 is 34.2 Å². The van der Waals surface area contributed by atoms with E-state index in [2.05, 4.69) is 20.9 Å². The molecule has 20 heavy (non-hydrogen) atoms. The van der Waals surface area contributed by atoms with Crippen LogP contribution in [-0.2, 0) is 16.0 Å². The minimum absolute atomic E-state index is 0.112. The predicted octanol–water partition coefficient (Wildman–Crippen LogP) is 0.0362. The van der Waals surface area contributed by atoms with Crippen LogP contribution in [0.5, 0.6) is 0 Å². The number of nitrogens with zero attached hydrogens (tertiary/aromatic N) is 1. The van der Waals surface area contributed by atoms with Crippen LogP contribution < -0.4 is 16.0 Å². The molecule has 106 valence electrons. The Balaban J connectivity index is 1.72. The summed E-state index contributed by atoms with van der Waals surface area (Å²) >= 11 is 1.18. The van der Waals surface area contributed by atoms with E-state index in [4.69, 9.17) is 0 Å². The second-order valence-electron chi connectivity index (χ2n) is 4.80. The van der Waals surface area contributed by atoms with E-state index in [9.17, 15) is 14.4 Å². The van der Waals surface area contributed by atoms with Crippen LogP contribution >= 0.6 is 11.3 Å². The molecular formula is C12H14N4O3S. The highest BCUT2D eigenvalue weighted by molar-refractivity contribution is 7.17. The first kappa shape index (κ1) is 13.0. The first-order valence-electron chi connectivity index (χ1n) is 6.51. The Morgan fingerprint density at radius 1 is 1.35 bits per heavy atom. The standard InChI is InChI=1S/C12H14N4O3S/c17-8-4-3-7(14-8)10(18)16-12-15-6-2-1-5-13-11(19)9(6)20-12/h7H,1-5H2,(H,13,19)(H,14,17)(H,15,16,18)/t7-/m1/s1. The van der Waals surface area contributed by atoms with Crippen molar-refractivity contribution in [3.8, 4) is 0 Å². The molecule has 1 aromatic rings. The summed E-state index contributed by atoms with van der Waals surface area (Å²) in [7, 11) is 0. The van der Waals surface area contributed by atoms with Crippen LogP contribution in [0, 0.1) is 0 Å². The van der Waals surface area contributed by atoms with Crippen LogP contribution in [0.2, 0.25) is 0 Å². The molecule has 3 N–H and O–H groups in total. The van der Waals surface area contributed by atoms with Gasteiger partial charge in [0.2, 0.25) is 11.8 Å². The summed E-state index contributed by atoms with van der Waals surface area (Å²) in [5.74, 6) is -0.524. The number of nitrogens with one attached hydrogen (secondary N) is 3. The van der Waals surface area contributed by atoms with Crippen molar-refractivity contribution in [2.75, 3.05) is 11.9 Å². The molecule has 3 rings (SSSR count). The van der Waals surface area contributed by atoms with Crippen LogP contribution in [0.3, 0.4) is 0 Å². The number of hydrogen-bond acceptors (Lipinski definition) is 5. The molecule has 0 bridgehead atoms. The molecule has 1 atom stereocenters. The van der Waals surface area contributed by atoms with E-state index in [1.807, 2.05) is 0 Å². The fourth-order valence-corrected chi connectivity index (χ4v) is 3.22. The second-order valence-corrected chi connectivity index (χ2v) is 5.80. The number of rotatable bonds is 2. The molecule has 3 heterocycles. The van der Waals surface area contributed by atoms with Gasteiger partial charge in [0.1, 0.15) is 10.9 Å². The topological polar surface area (TPSA) is 100 Å². The molecule has 0 aliphatic carbocycles. The molecule has 2 aliphatic heterocycles. The van der Waals surface area contributed by atoms with Gasteiger partial charge in [-0.3, -0.25) is 14.4 Å². The number of fused-ring (bicyclic) bond motifs is 1. The monoisotopic (exact) mass is 294 g/mol. The normalized spacial score (nSPS) is 21.7. The smallest absolute Gasteiger partial charge is 0.263 e. The maximum absolute atomic E-state index is 12.0. The lowest BCUT2D eigenvalue weighted by Crippen LogP contribution is -2.37. The van der Waals surface area contributed by atoms with Crippen LogP contribution in [0.25, 0.3) is 0 Å². The van der Waals surface area contributed by atoms with Gasteiger partial charge in [0.15, 0.2) is 5.13 Å². The molecular weight excluding hydrogens is 280 g/mol. The highest BCUT2D eigenvalue weighted by Crippen LogP contribution is 2.26. The van der Waals surface area contributed by atoms with Gasteiger partial charge in [0, 0.05) is 13.0 Å². The Bertz CT molecular complexity index is 583. The number of carbonyl (C=O) groups excluding carboxylic acids is 3. The summed E-state index contributed by atoms with van der Waals surface area (Å²) in [4.78, 5) is 39.7. The van der Waals surface area contributed by atoms with Crippen LogP contribution in [-0.4, -0.2) is 35.3 Å². The van der Waals surface area contributed by atoms with E-state index in [-0.39, 0.29) is 17.7 Å². The Morgan fingerprint density at radius 3 is 2.95 bits per heavy atom. The quantitative estimate of drug-likeness (QED) is 0.716. The largest absolute Gasteiger partial charge is 0.351 e. The van der Waals surface area contributed by atoms with E-state index in [0.29, 0.717) is 29.4 Å². The average Bonchev–Trinajstić information content (AvgIpc) is 2.97. The maximum atomic E-state index is 12.0. The molecule has 2 aliphatic rings. The zero-order valence-electron chi connectivity index (χ0n) is 10.7. The summed E-state index contributed by atoms with van der Waals surface area (Å²) in [5.41, 5.74) is 0.732. The Kier molecular flexibility index (Phi) is 3.39. The van der Waals surface area contributed by atoms with Crippen molar-refractivity contribution in [3.63, 3.8) is 0 Å². The van der Waals surface area contributed by atoms with Crippen molar-refractivity contribution in [1.82, 2.24) is 15.6 Å². The van der Waals surface area contributed by atoms with Gasteiger partial charge in [-0.05, 0) is 19.3 Å². The number of carbonyl (C=O) groups is 3. The molecule has 1 saturated heterocycles. The summed E-state index contributed by atoms with van der Waals surface area (Å²) in [6, 6.07) is -0.500. The molecule has 0 unspecified atom stereocenters. The van der Waals surface area contributed by atoms with Crippen molar-refractivity contribution in [3.05, 3.63) is 10.6 Å². The van der Waals surface area contributed by atoms with Gasteiger partial charge >= 0.3 is 0 Å². The molecule has 1 fully saturated rings. The molecule has 0 saturated carbocycles. The molecule has 0 radical (unpaired) electrons. The number of amides is 3. The van der Waals surface area contributed by atoms with Crippen LogP contribution in [0.15, 0.2) is 0 Å². The zero-order chi connectivity index (χ0) is 14.1. The number of anilines is 1. The fraction of sp³-hybridized carbons (Fsp3) is 0.500. The molecule has 3 amide bonds. The van der Waals surface area contributed by atoms with Gasteiger partial charge in [-0.1, -0.05) is 11.3 Å². The Hall–Kier alpha value is -1.96. The molecule has 7 nitrogen and oxygen atoms in total. The third-order valence-electron chi connectivity index (χ3n) is 3.32. The molecule has 1 aromatic heterocycles. The summed E-state index contributed by atoms with van der Waals surface area (Å²) < 4.78 is 0. The first-order valence-corrected chi connectivity index (χ1v) is 7.33. The predicted molar refractivity (Wildman–Crippen MR) is 72.6 cm³/mol. The highest BCUT2D eigenvalue weighted by Gasteiger charge is 2.28. The summed E-state index contributed by atoms with van der Waals surface area (Å²) in [6.45, 7) is 0.651. The van der Waals surface area contributed by atoms with Gasteiger partial charge < -0.3 is 16.0 Å². The fourth-order valence-electron chi connectivity index (χ4n) is 2.29. The summed E-state index contributed by atoms with van der Waals surface area (Å²) in [6.07, 6.45) is 2.43. The van der Waals surface area contributed by atoms with Crippen molar-refractivity contribution in [1.29, 1.82) is 0 Å². The van der Waals surface area contributed by atoms with E-state index in [1.165, 1.54) is 11.3 Å². The van der Waals surface area contributed by atoms with Crippen molar-refractivity contribution in [2.24, 2.45) is 0 Å². The number of aromatic nitrogens is 1. The minimum atomic E-state index is -0.500. The number of aryl methyl sites for hydroxylation is 1. The molecule has 0 spiro atoms. The number of hydrogen-bond donors (Lipinski definition) is 3. The molecule has 0 aromatic carbocycles. The van der Waals surface area contributed by atoms with Crippen molar-refractivity contribution < 1.29 is 14.4 Å². The first-order chi connectivity index (χ1) is 9.63. The lowest BCUT2D eigenvalue weighted by molar-refractivity contribution is -0.122. The second kappa shape index (κ2) is 5.20. The Morgan fingerprint density at radius 2 is 2.20 bits per heavy atom. The Labute approximate surface area is 119 Å². The zero-order valence-corrected chi connectivity index (χ0v) is 11.5. The van der Waals surface area contributed by atoms with Crippen LogP contribution in [0.4, 0.5) is 5.13 Å². The minimum Gasteiger partial charge on any atom is -0.351 e.